The van der Waals surface area contributed by atoms with Crippen molar-refractivity contribution in [1.29, 1.82) is 0 Å². The van der Waals surface area contributed by atoms with Crippen LogP contribution in [-0.2, 0) is 0 Å². The molecule has 1 aromatic heterocycles. The highest BCUT2D eigenvalue weighted by Crippen LogP contribution is 2.30. The van der Waals surface area contributed by atoms with E-state index in [4.69, 9.17) is 14.6 Å². The van der Waals surface area contributed by atoms with Gasteiger partial charge in [-0.2, -0.15) is 0 Å². The molecule has 2 rings (SSSR count). The van der Waals surface area contributed by atoms with Gasteiger partial charge in [-0.05, 0) is 19.9 Å². The van der Waals surface area contributed by atoms with E-state index >= 15 is 0 Å². The van der Waals surface area contributed by atoms with Crippen molar-refractivity contribution in [3.63, 3.8) is 0 Å². The summed E-state index contributed by atoms with van der Waals surface area (Å²) in [5, 5.41) is 9.22. The summed E-state index contributed by atoms with van der Waals surface area (Å²) in [6, 6.07) is 3.14. The van der Waals surface area contributed by atoms with E-state index in [2.05, 4.69) is 4.98 Å². The second kappa shape index (κ2) is 5.64. The molecule has 0 unspecified atom stereocenters. The number of ether oxygens (including phenoxy) is 2. The summed E-state index contributed by atoms with van der Waals surface area (Å²) in [5.74, 6) is -0.324. The van der Waals surface area contributed by atoms with Crippen LogP contribution in [0, 0.1) is 0 Å². The Kier molecular flexibility index (Phi) is 3.93. The average molecular weight is 277 g/mol. The maximum absolute atomic E-state index is 12.1. The molecule has 0 saturated carbocycles. The van der Waals surface area contributed by atoms with E-state index in [1.807, 2.05) is 13.8 Å². The van der Waals surface area contributed by atoms with Crippen molar-refractivity contribution in [2.24, 2.45) is 0 Å². The van der Waals surface area contributed by atoms with Gasteiger partial charge in [0.2, 0.25) is 5.43 Å². The van der Waals surface area contributed by atoms with Gasteiger partial charge in [0.1, 0.15) is 5.56 Å². The summed E-state index contributed by atoms with van der Waals surface area (Å²) < 4.78 is 10.9. The van der Waals surface area contributed by atoms with Gasteiger partial charge in [0.05, 0.1) is 24.1 Å². The Balaban J connectivity index is 2.70. The van der Waals surface area contributed by atoms with Gasteiger partial charge in [-0.15, -0.1) is 0 Å². The zero-order chi connectivity index (χ0) is 14.7. The number of hydrogen-bond acceptors (Lipinski definition) is 4. The minimum Gasteiger partial charge on any atom is -0.490 e. The van der Waals surface area contributed by atoms with Crippen molar-refractivity contribution in [2.75, 3.05) is 13.2 Å². The van der Waals surface area contributed by atoms with Crippen LogP contribution in [0.4, 0.5) is 0 Å². The topological polar surface area (TPSA) is 88.6 Å². The highest BCUT2D eigenvalue weighted by atomic mass is 16.5. The molecule has 0 bridgehead atoms. The molecule has 0 atom stereocenters. The monoisotopic (exact) mass is 277 g/mol. The average Bonchev–Trinajstić information content (AvgIpc) is 2.40. The highest BCUT2D eigenvalue weighted by Gasteiger charge is 2.15. The lowest BCUT2D eigenvalue weighted by atomic mass is 10.1. The first kappa shape index (κ1) is 13.9. The van der Waals surface area contributed by atoms with Gasteiger partial charge in [-0.1, -0.05) is 0 Å². The third kappa shape index (κ3) is 2.45. The molecule has 6 heteroatoms. The fourth-order valence-corrected chi connectivity index (χ4v) is 1.92. The largest absolute Gasteiger partial charge is 0.490 e. The van der Waals surface area contributed by atoms with Crippen molar-refractivity contribution >= 4 is 16.9 Å². The highest BCUT2D eigenvalue weighted by molar-refractivity contribution is 5.93. The molecule has 0 aliphatic heterocycles. The molecule has 1 heterocycles. The lowest BCUT2D eigenvalue weighted by Crippen LogP contribution is -2.15. The molecule has 20 heavy (non-hydrogen) atoms. The second-order valence-corrected chi connectivity index (χ2v) is 4.05. The third-order valence-corrected chi connectivity index (χ3v) is 2.78. The SMILES string of the molecule is CCOc1cc2[nH]cc(C(=O)O)c(=O)c2cc1OCC. The van der Waals surface area contributed by atoms with Gasteiger partial charge in [0.15, 0.2) is 11.5 Å². The molecule has 0 radical (unpaired) electrons. The summed E-state index contributed by atoms with van der Waals surface area (Å²) in [6.45, 7) is 4.54. The van der Waals surface area contributed by atoms with Gasteiger partial charge in [0.25, 0.3) is 0 Å². The number of aromatic nitrogens is 1. The number of carboxylic acids is 1. The van der Waals surface area contributed by atoms with Crippen LogP contribution in [0.2, 0.25) is 0 Å². The Morgan fingerprint density at radius 2 is 1.80 bits per heavy atom. The first-order valence-corrected chi connectivity index (χ1v) is 6.26. The molecule has 6 nitrogen and oxygen atoms in total. The Labute approximate surface area is 115 Å². The van der Waals surface area contributed by atoms with Crippen LogP contribution in [-0.4, -0.2) is 29.3 Å². The van der Waals surface area contributed by atoms with Crippen molar-refractivity contribution in [1.82, 2.24) is 4.98 Å². The zero-order valence-electron chi connectivity index (χ0n) is 11.2. The van der Waals surface area contributed by atoms with Crippen molar-refractivity contribution < 1.29 is 19.4 Å². The number of hydrogen-bond donors (Lipinski definition) is 2. The molecule has 0 saturated heterocycles. The van der Waals surface area contributed by atoms with E-state index in [1.165, 1.54) is 12.3 Å². The lowest BCUT2D eigenvalue weighted by molar-refractivity contribution is 0.0695. The first-order valence-electron chi connectivity index (χ1n) is 6.26. The van der Waals surface area contributed by atoms with E-state index in [1.54, 1.807) is 6.07 Å². The Bertz CT molecular complexity index is 705. The predicted molar refractivity (Wildman–Crippen MR) is 73.9 cm³/mol. The summed E-state index contributed by atoms with van der Waals surface area (Å²) in [7, 11) is 0. The van der Waals surface area contributed by atoms with Gasteiger partial charge in [-0.25, -0.2) is 4.79 Å². The standard InChI is InChI=1S/C14H15NO5/c1-3-19-11-5-8-10(6-12(11)20-4-2)15-7-9(13(8)16)14(17)18/h5-7H,3-4H2,1-2H3,(H,15,16)(H,17,18). The summed E-state index contributed by atoms with van der Waals surface area (Å²) in [4.78, 5) is 25.9. The van der Waals surface area contributed by atoms with Crippen molar-refractivity contribution in [2.45, 2.75) is 13.8 Å². The Morgan fingerprint density at radius 3 is 2.35 bits per heavy atom. The summed E-state index contributed by atoms with van der Waals surface area (Å²) in [5.41, 5.74) is -0.341. The number of carbonyl (C=O) groups is 1. The van der Waals surface area contributed by atoms with Crippen LogP contribution in [0.15, 0.2) is 23.1 Å². The number of pyridine rings is 1. The van der Waals surface area contributed by atoms with Gasteiger partial charge in [-0.3, -0.25) is 4.79 Å². The fraction of sp³-hybridized carbons (Fsp3) is 0.286. The van der Waals surface area contributed by atoms with Gasteiger partial charge >= 0.3 is 5.97 Å². The van der Waals surface area contributed by atoms with E-state index in [-0.39, 0.29) is 10.9 Å². The van der Waals surface area contributed by atoms with Crippen molar-refractivity contribution in [3.8, 4) is 11.5 Å². The Hall–Kier alpha value is -2.50. The number of aromatic carboxylic acids is 1. The zero-order valence-corrected chi connectivity index (χ0v) is 11.2. The molecule has 2 N–H and O–H groups in total. The fourth-order valence-electron chi connectivity index (χ4n) is 1.92. The normalized spacial score (nSPS) is 10.5. The molecule has 0 spiro atoms. The maximum Gasteiger partial charge on any atom is 0.341 e. The molecule has 1 aromatic carbocycles. The third-order valence-electron chi connectivity index (χ3n) is 2.78. The minimum absolute atomic E-state index is 0.261. The van der Waals surface area contributed by atoms with E-state index in [0.29, 0.717) is 30.2 Å². The minimum atomic E-state index is -1.26. The van der Waals surface area contributed by atoms with E-state index in [9.17, 15) is 9.59 Å². The molecule has 0 fully saturated rings. The Morgan fingerprint density at radius 1 is 1.20 bits per heavy atom. The first-order chi connectivity index (χ1) is 9.58. The molecule has 0 aliphatic rings. The lowest BCUT2D eigenvalue weighted by Gasteiger charge is -2.12. The van der Waals surface area contributed by atoms with Crippen LogP contribution in [0.1, 0.15) is 24.2 Å². The van der Waals surface area contributed by atoms with Crippen molar-refractivity contribution in [3.05, 3.63) is 34.1 Å². The van der Waals surface area contributed by atoms with Gasteiger partial charge < -0.3 is 19.6 Å². The number of carboxylic acid groups (broad SMARTS) is 1. The number of rotatable bonds is 5. The van der Waals surface area contributed by atoms with Crippen LogP contribution >= 0.6 is 0 Å². The second-order valence-electron chi connectivity index (χ2n) is 4.05. The summed E-state index contributed by atoms with van der Waals surface area (Å²) in [6.07, 6.45) is 1.18. The van der Waals surface area contributed by atoms with Gasteiger partial charge in [0, 0.05) is 12.3 Å². The molecule has 0 amide bonds. The van der Waals surface area contributed by atoms with Crippen LogP contribution < -0.4 is 14.9 Å². The molecule has 2 aromatic rings. The van der Waals surface area contributed by atoms with Crippen LogP contribution in [0.3, 0.4) is 0 Å². The summed E-state index contributed by atoms with van der Waals surface area (Å²) >= 11 is 0. The quantitative estimate of drug-likeness (QED) is 0.872. The molecular formula is C14H15NO5. The van der Waals surface area contributed by atoms with Crippen LogP contribution in [0.5, 0.6) is 11.5 Å². The smallest absolute Gasteiger partial charge is 0.341 e. The number of benzene rings is 1. The van der Waals surface area contributed by atoms with Crippen LogP contribution in [0.25, 0.3) is 10.9 Å². The molecular weight excluding hydrogens is 262 g/mol. The molecule has 106 valence electrons. The van der Waals surface area contributed by atoms with E-state index < -0.39 is 11.4 Å². The number of H-pyrrole nitrogens is 1. The number of nitrogens with one attached hydrogen (secondary N) is 1. The predicted octanol–water partition coefficient (Wildman–Crippen LogP) is 2.02. The maximum atomic E-state index is 12.1. The van der Waals surface area contributed by atoms with E-state index in [0.717, 1.165) is 0 Å². The number of fused-ring (bicyclic) bond motifs is 1. The number of aromatic amines is 1. The molecule has 0 aliphatic carbocycles.